The molecule has 1 amide bonds. The summed E-state index contributed by atoms with van der Waals surface area (Å²) in [5.41, 5.74) is 3.26. The Morgan fingerprint density at radius 2 is 2.09 bits per heavy atom. The number of amides is 1. The number of ether oxygens (including phenoxy) is 1. The van der Waals surface area contributed by atoms with E-state index in [0.717, 1.165) is 0 Å². The third-order valence-corrected chi connectivity index (χ3v) is 3.36. The Morgan fingerprint density at radius 3 is 2.77 bits per heavy atom. The van der Waals surface area contributed by atoms with Crippen LogP contribution in [0.2, 0.25) is 0 Å². The Morgan fingerprint density at radius 1 is 1.32 bits per heavy atom. The summed E-state index contributed by atoms with van der Waals surface area (Å²) in [5, 5.41) is 22.8. The van der Waals surface area contributed by atoms with Gasteiger partial charge in [0.2, 0.25) is 0 Å². The molecule has 0 unspecified atom stereocenters. The van der Waals surface area contributed by atoms with Crippen molar-refractivity contribution in [2.75, 3.05) is 7.11 Å². The number of rotatable bonds is 4. The van der Waals surface area contributed by atoms with Crippen molar-refractivity contribution in [2.45, 2.75) is 0 Å². The predicted molar refractivity (Wildman–Crippen MR) is 85.5 cm³/mol. The van der Waals surface area contributed by atoms with Crippen LogP contribution in [0.4, 0.5) is 0 Å². The van der Waals surface area contributed by atoms with Crippen LogP contribution in [0.1, 0.15) is 15.9 Å². The number of phenolic OH excluding ortho intramolecular Hbond substituents is 2. The quantitative estimate of drug-likeness (QED) is 0.574. The van der Waals surface area contributed by atoms with Crippen LogP contribution in [0.15, 0.2) is 46.0 Å². The lowest BCUT2D eigenvalue weighted by Crippen LogP contribution is -2.17. The van der Waals surface area contributed by atoms with Crippen LogP contribution in [0.3, 0.4) is 0 Å². The van der Waals surface area contributed by atoms with E-state index in [9.17, 15) is 15.0 Å². The molecular formula is C15H13BrN2O4. The van der Waals surface area contributed by atoms with Gasteiger partial charge in [0, 0.05) is 5.56 Å². The average molecular weight is 365 g/mol. The van der Waals surface area contributed by atoms with Crippen molar-refractivity contribution in [3.05, 3.63) is 52.0 Å². The van der Waals surface area contributed by atoms with E-state index in [-0.39, 0.29) is 17.2 Å². The number of methoxy groups -OCH3 is 1. The standard InChI is InChI=1S/C15H13BrN2O4/c1-22-13-6-9(5-12(16)14(13)20)8-17-18-15(21)10-3-2-4-11(19)7-10/h2-8,19-20H,1H3,(H,18,21)/b17-8+. The van der Waals surface area contributed by atoms with Crippen LogP contribution in [-0.4, -0.2) is 29.4 Å². The highest BCUT2D eigenvalue weighted by atomic mass is 79.9. The highest BCUT2D eigenvalue weighted by molar-refractivity contribution is 9.10. The Labute approximate surface area is 135 Å². The van der Waals surface area contributed by atoms with Gasteiger partial charge in [0.15, 0.2) is 11.5 Å². The van der Waals surface area contributed by atoms with E-state index in [4.69, 9.17) is 4.74 Å². The van der Waals surface area contributed by atoms with Crippen molar-refractivity contribution in [3.63, 3.8) is 0 Å². The van der Waals surface area contributed by atoms with Gasteiger partial charge in [-0.15, -0.1) is 0 Å². The first-order chi connectivity index (χ1) is 10.5. The normalized spacial score (nSPS) is 10.6. The number of benzene rings is 2. The Kier molecular flexibility index (Phi) is 5.00. The van der Waals surface area contributed by atoms with Gasteiger partial charge in [0.05, 0.1) is 17.8 Å². The first kappa shape index (κ1) is 15.8. The minimum absolute atomic E-state index is 0.00355. The summed E-state index contributed by atoms with van der Waals surface area (Å²) in [4.78, 5) is 11.8. The molecule has 0 aliphatic heterocycles. The molecular weight excluding hydrogens is 352 g/mol. The maximum Gasteiger partial charge on any atom is 0.271 e. The molecule has 0 saturated carbocycles. The lowest BCUT2D eigenvalue weighted by atomic mass is 10.2. The first-order valence-corrected chi connectivity index (χ1v) is 6.99. The number of carbonyl (C=O) groups excluding carboxylic acids is 1. The second-order valence-corrected chi connectivity index (χ2v) is 5.16. The summed E-state index contributed by atoms with van der Waals surface area (Å²) in [6.45, 7) is 0. The van der Waals surface area contributed by atoms with E-state index in [0.29, 0.717) is 15.6 Å². The summed E-state index contributed by atoms with van der Waals surface area (Å²) in [6.07, 6.45) is 1.41. The third kappa shape index (κ3) is 3.76. The molecule has 0 aliphatic rings. The molecule has 0 radical (unpaired) electrons. The van der Waals surface area contributed by atoms with E-state index in [1.54, 1.807) is 24.3 Å². The minimum atomic E-state index is -0.447. The number of aromatic hydroxyl groups is 2. The van der Waals surface area contributed by atoms with Crippen LogP contribution in [0, 0.1) is 0 Å². The van der Waals surface area contributed by atoms with E-state index >= 15 is 0 Å². The molecule has 0 bridgehead atoms. The maximum atomic E-state index is 11.8. The van der Waals surface area contributed by atoms with Crippen molar-refractivity contribution in [1.82, 2.24) is 5.43 Å². The largest absolute Gasteiger partial charge is 0.508 e. The van der Waals surface area contributed by atoms with Crippen LogP contribution < -0.4 is 10.2 Å². The smallest absolute Gasteiger partial charge is 0.271 e. The van der Waals surface area contributed by atoms with Crippen LogP contribution >= 0.6 is 15.9 Å². The van der Waals surface area contributed by atoms with E-state index in [1.807, 2.05) is 0 Å². The first-order valence-electron chi connectivity index (χ1n) is 6.20. The average Bonchev–Trinajstić information content (AvgIpc) is 2.50. The van der Waals surface area contributed by atoms with Crippen LogP contribution in [0.25, 0.3) is 0 Å². The monoisotopic (exact) mass is 364 g/mol. The molecule has 0 aliphatic carbocycles. The molecule has 2 rings (SSSR count). The Bertz CT molecular complexity index is 731. The van der Waals surface area contributed by atoms with Gasteiger partial charge >= 0.3 is 0 Å². The number of nitrogens with zero attached hydrogens (tertiary/aromatic N) is 1. The van der Waals surface area contributed by atoms with Gasteiger partial charge in [-0.3, -0.25) is 4.79 Å². The number of nitrogens with one attached hydrogen (secondary N) is 1. The van der Waals surface area contributed by atoms with E-state index < -0.39 is 5.91 Å². The molecule has 0 spiro atoms. The molecule has 22 heavy (non-hydrogen) atoms. The van der Waals surface area contributed by atoms with E-state index in [2.05, 4.69) is 26.5 Å². The molecule has 2 aromatic carbocycles. The number of hydrogen-bond donors (Lipinski definition) is 3. The van der Waals surface area contributed by atoms with E-state index in [1.165, 1.54) is 25.5 Å². The Hall–Kier alpha value is -2.54. The second kappa shape index (κ2) is 6.95. The van der Waals surface area contributed by atoms with Crippen LogP contribution in [-0.2, 0) is 0 Å². The lowest BCUT2D eigenvalue weighted by Gasteiger charge is -2.06. The van der Waals surface area contributed by atoms with Gasteiger partial charge in [-0.2, -0.15) is 5.10 Å². The van der Waals surface area contributed by atoms with Gasteiger partial charge < -0.3 is 14.9 Å². The molecule has 0 aromatic heterocycles. The molecule has 3 N–H and O–H groups in total. The molecule has 0 atom stereocenters. The second-order valence-electron chi connectivity index (χ2n) is 4.30. The fourth-order valence-electron chi connectivity index (χ4n) is 1.70. The summed E-state index contributed by atoms with van der Waals surface area (Å²) in [6, 6.07) is 9.14. The van der Waals surface area contributed by atoms with Crippen molar-refractivity contribution in [2.24, 2.45) is 5.10 Å². The van der Waals surface area contributed by atoms with Gasteiger partial charge in [-0.05, 0) is 51.8 Å². The molecule has 0 saturated heterocycles. The molecule has 0 heterocycles. The lowest BCUT2D eigenvalue weighted by molar-refractivity contribution is 0.0954. The topological polar surface area (TPSA) is 91.2 Å². The zero-order valence-electron chi connectivity index (χ0n) is 11.6. The molecule has 0 fully saturated rings. The fourth-order valence-corrected chi connectivity index (χ4v) is 2.16. The van der Waals surface area contributed by atoms with Gasteiger partial charge in [0.1, 0.15) is 5.75 Å². The number of hydrogen-bond acceptors (Lipinski definition) is 5. The maximum absolute atomic E-state index is 11.8. The highest BCUT2D eigenvalue weighted by Gasteiger charge is 2.08. The number of carbonyl (C=O) groups is 1. The molecule has 2 aromatic rings. The number of halogens is 1. The zero-order chi connectivity index (χ0) is 16.1. The highest BCUT2D eigenvalue weighted by Crippen LogP contribution is 2.34. The molecule has 7 heteroatoms. The van der Waals surface area contributed by atoms with Crippen molar-refractivity contribution in [1.29, 1.82) is 0 Å². The molecule has 6 nitrogen and oxygen atoms in total. The van der Waals surface area contributed by atoms with Gasteiger partial charge in [-0.1, -0.05) is 6.07 Å². The number of hydrazone groups is 1. The Balaban J connectivity index is 2.10. The SMILES string of the molecule is COc1cc(/C=N/NC(=O)c2cccc(O)c2)cc(Br)c1O. The summed E-state index contributed by atoms with van der Waals surface area (Å²) in [7, 11) is 1.44. The summed E-state index contributed by atoms with van der Waals surface area (Å²) < 4.78 is 5.47. The van der Waals surface area contributed by atoms with Crippen molar-refractivity contribution in [3.8, 4) is 17.2 Å². The number of phenols is 2. The summed E-state index contributed by atoms with van der Waals surface area (Å²) >= 11 is 3.20. The summed E-state index contributed by atoms with van der Waals surface area (Å²) in [5.74, 6) is -0.167. The minimum Gasteiger partial charge on any atom is -0.508 e. The zero-order valence-corrected chi connectivity index (χ0v) is 13.2. The van der Waals surface area contributed by atoms with Crippen molar-refractivity contribution >= 4 is 28.1 Å². The van der Waals surface area contributed by atoms with Crippen LogP contribution in [0.5, 0.6) is 17.2 Å². The predicted octanol–water partition coefficient (Wildman–Crippen LogP) is 2.63. The van der Waals surface area contributed by atoms with Gasteiger partial charge in [-0.25, -0.2) is 5.43 Å². The van der Waals surface area contributed by atoms with Crippen molar-refractivity contribution < 1.29 is 19.7 Å². The van der Waals surface area contributed by atoms with Gasteiger partial charge in [0.25, 0.3) is 5.91 Å². The third-order valence-electron chi connectivity index (χ3n) is 2.76. The molecule has 114 valence electrons. The fraction of sp³-hybridized carbons (Fsp3) is 0.0667.